The summed E-state index contributed by atoms with van der Waals surface area (Å²) >= 11 is 0. The van der Waals surface area contributed by atoms with Gasteiger partial charge in [-0.1, -0.05) is 30.3 Å². The van der Waals surface area contributed by atoms with Crippen molar-refractivity contribution in [3.05, 3.63) is 59.3 Å². The van der Waals surface area contributed by atoms with E-state index in [4.69, 9.17) is 10.5 Å². The predicted molar refractivity (Wildman–Crippen MR) is 118 cm³/mol. The maximum absolute atomic E-state index is 13.4. The Bertz CT molecular complexity index is 1010. The molecule has 7 heteroatoms. The van der Waals surface area contributed by atoms with Gasteiger partial charge in [0.25, 0.3) is 0 Å². The number of benzene rings is 1. The van der Waals surface area contributed by atoms with Gasteiger partial charge in [0, 0.05) is 30.3 Å². The lowest BCUT2D eigenvalue weighted by Gasteiger charge is -2.31. The zero-order valence-electron chi connectivity index (χ0n) is 18.3. The van der Waals surface area contributed by atoms with Gasteiger partial charge in [0.2, 0.25) is 5.91 Å². The van der Waals surface area contributed by atoms with E-state index >= 15 is 0 Å². The quantitative estimate of drug-likeness (QED) is 0.742. The molecule has 0 radical (unpaired) electrons. The summed E-state index contributed by atoms with van der Waals surface area (Å²) in [5.74, 6) is 0.123. The Morgan fingerprint density at radius 2 is 1.97 bits per heavy atom. The van der Waals surface area contributed by atoms with Crippen LogP contribution in [0.3, 0.4) is 0 Å². The fourth-order valence-corrected chi connectivity index (χ4v) is 5.37. The Morgan fingerprint density at radius 1 is 1.22 bits per heavy atom. The first-order valence-electron chi connectivity index (χ1n) is 11.4. The fourth-order valence-electron chi connectivity index (χ4n) is 5.37. The number of hydrogen-bond donors (Lipinski definition) is 1. The number of carbonyl (C=O) groups is 3. The average molecular weight is 436 g/mol. The molecule has 0 aromatic heterocycles. The molecule has 0 bridgehead atoms. The highest BCUT2D eigenvalue weighted by molar-refractivity contribution is 5.97. The molecular weight excluding hydrogens is 406 g/mol. The lowest BCUT2D eigenvalue weighted by Crippen LogP contribution is -2.46. The molecule has 5 rings (SSSR count). The van der Waals surface area contributed by atoms with Crippen molar-refractivity contribution in [3.8, 4) is 0 Å². The lowest BCUT2D eigenvalue weighted by atomic mass is 9.86. The van der Waals surface area contributed by atoms with Crippen LogP contribution in [0.2, 0.25) is 0 Å². The van der Waals surface area contributed by atoms with Crippen molar-refractivity contribution in [2.24, 2.45) is 17.6 Å². The van der Waals surface area contributed by atoms with Crippen molar-refractivity contribution >= 4 is 17.8 Å². The molecule has 1 aromatic carbocycles. The number of ether oxygens (including phenoxy) is 1. The standard InChI is InChI=1S/C25H29N3O4/c1-16(18-7-8-18)28(13-17-5-3-2-4-6-17)23(30)14-27-15-25(32-24(27)31)10-9-20-21(25)11-19(26)12-22(20)29/h2-6,11-12,16,18,20H,7-10,13-15,26H2,1H3/t16?,20?,25-/m1/s1. The monoisotopic (exact) mass is 435 g/mol. The van der Waals surface area contributed by atoms with Crippen LogP contribution in [0.1, 0.15) is 38.2 Å². The van der Waals surface area contributed by atoms with Gasteiger partial charge in [0.15, 0.2) is 11.4 Å². The molecule has 7 nitrogen and oxygen atoms in total. The second kappa shape index (κ2) is 7.80. The number of allylic oxidation sites excluding steroid dienone is 2. The largest absolute Gasteiger partial charge is 0.436 e. The van der Waals surface area contributed by atoms with Gasteiger partial charge in [-0.2, -0.15) is 0 Å². The molecule has 168 valence electrons. The molecule has 2 N–H and O–H groups in total. The predicted octanol–water partition coefficient (Wildman–Crippen LogP) is 2.77. The van der Waals surface area contributed by atoms with Gasteiger partial charge in [-0.05, 0) is 55.7 Å². The molecule has 2 unspecified atom stereocenters. The molecule has 3 atom stereocenters. The molecule has 1 saturated heterocycles. The number of rotatable bonds is 6. The Kier molecular flexibility index (Phi) is 5.07. The van der Waals surface area contributed by atoms with Crippen molar-refractivity contribution in [2.45, 2.75) is 50.8 Å². The summed E-state index contributed by atoms with van der Waals surface area (Å²) in [6.45, 7) is 2.87. The third-order valence-corrected chi connectivity index (χ3v) is 7.34. The van der Waals surface area contributed by atoms with Crippen molar-refractivity contribution in [3.63, 3.8) is 0 Å². The third kappa shape index (κ3) is 3.70. The van der Waals surface area contributed by atoms with E-state index in [-0.39, 0.29) is 36.7 Å². The van der Waals surface area contributed by atoms with Gasteiger partial charge in [0.1, 0.15) is 6.54 Å². The van der Waals surface area contributed by atoms with Crippen molar-refractivity contribution in [1.29, 1.82) is 0 Å². The first-order chi connectivity index (χ1) is 15.4. The van der Waals surface area contributed by atoms with E-state index in [0.717, 1.165) is 24.0 Å². The molecule has 3 fully saturated rings. The molecule has 1 aliphatic heterocycles. The van der Waals surface area contributed by atoms with Crippen LogP contribution in [0.5, 0.6) is 0 Å². The lowest BCUT2D eigenvalue weighted by molar-refractivity contribution is -0.135. The maximum Gasteiger partial charge on any atom is 0.411 e. The summed E-state index contributed by atoms with van der Waals surface area (Å²) in [6, 6.07) is 10.1. The Labute approximate surface area is 187 Å². The first-order valence-corrected chi connectivity index (χ1v) is 11.4. The summed E-state index contributed by atoms with van der Waals surface area (Å²) in [7, 11) is 0. The SMILES string of the molecule is CC(C1CC1)N(Cc1ccccc1)C(=O)CN1C[C@@]2(CCC3C(=O)C=C(N)C=C32)OC1=O. The Balaban J connectivity index is 1.33. The molecular formula is C25H29N3O4. The molecule has 4 aliphatic rings. The molecule has 2 saturated carbocycles. The van der Waals surface area contributed by atoms with Gasteiger partial charge in [-0.3, -0.25) is 14.5 Å². The molecule has 2 amide bonds. The van der Waals surface area contributed by atoms with E-state index in [1.807, 2.05) is 35.2 Å². The topological polar surface area (TPSA) is 92.9 Å². The van der Waals surface area contributed by atoms with Crippen LogP contribution in [0.15, 0.2) is 53.8 Å². The van der Waals surface area contributed by atoms with Gasteiger partial charge in [-0.25, -0.2) is 4.79 Å². The van der Waals surface area contributed by atoms with Gasteiger partial charge in [-0.15, -0.1) is 0 Å². The number of ketones is 1. The van der Waals surface area contributed by atoms with Crippen LogP contribution < -0.4 is 5.73 Å². The zero-order chi connectivity index (χ0) is 22.5. The Hall–Kier alpha value is -3.09. The van der Waals surface area contributed by atoms with E-state index in [9.17, 15) is 14.4 Å². The molecule has 32 heavy (non-hydrogen) atoms. The number of fused-ring (bicyclic) bond motifs is 2. The second-order valence-corrected chi connectivity index (χ2v) is 9.54. The van der Waals surface area contributed by atoms with Gasteiger partial charge >= 0.3 is 6.09 Å². The van der Waals surface area contributed by atoms with Crippen LogP contribution >= 0.6 is 0 Å². The van der Waals surface area contributed by atoms with Crippen LogP contribution in [-0.4, -0.2) is 52.3 Å². The van der Waals surface area contributed by atoms with Crippen LogP contribution in [0.4, 0.5) is 4.79 Å². The van der Waals surface area contributed by atoms with E-state index in [2.05, 4.69) is 6.92 Å². The minimum atomic E-state index is -0.858. The van der Waals surface area contributed by atoms with Crippen LogP contribution in [0.25, 0.3) is 0 Å². The number of amides is 2. The second-order valence-electron chi connectivity index (χ2n) is 9.54. The van der Waals surface area contributed by atoms with E-state index in [1.54, 1.807) is 6.08 Å². The smallest absolute Gasteiger partial charge is 0.411 e. The van der Waals surface area contributed by atoms with E-state index < -0.39 is 11.7 Å². The summed E-state index contributed by atoms with van der Waals surface area (Å²) in [4.78, 5) is 41.9. The fraction of sp³-hybridized carbons (Fsp3) is 0.480. The molecule has 1 heterocycles. The van der Waals surface area contributed by atoms with Crippen LogP contribution in [0, 0.1) is 11.8 Å². The number of carbonyl (C=O) groups excluding carboxylic acids is 3. The summed E-state index contributed by atoms with van der Waals surface area (Å²) in [5, 5.41) is 0. The number of nitrogens with two attached hydrogens (primary N) is 1. The van der Waals surface area contributed by atoms with Crippen molar-refractivity contribution in [1.82, 2.24) is 9.80 Å². The highest BCUT2D eigenvalue weighted by Gasteiger charge is 2.55. The highest BCUT2D eigenvalue weighted by Crippen LogP contribution is 2.48. The maximum atomic E-state index is 13.4. The molecule has 1 spiro atoms. The van der Waals surface area contributed by atoms with Crippen molar-refractivity contribution in [2.75, 3.05) is 13.1 Å². The van der Waals surface area contributed by atoms with Gasteiger partial charge in [0.05, 0.1) is 6.54 Å². The third-order valence-electron chi connectivity index (χ3n) is 7.34. The minimum Gasteiger partial charge on any atom is -0.436 e. The van der Waals surface area contributed by atoms with E-state index in [1.165, 1.54) is 11.0 Å². The normalized spacial score (nSPS) is 27.7. The molecule has 3 aliphatic carbocycles. The van der Waals surface area contributed by atoms with Crippen LogP contribution in [-0.2, 0) is 20.9 Å². The first kappa shape index (κ1) is 20.8. The molecule has 1 aromatic rings. The van der Waals surface area contributed by atoms with E-state index in [0.29, 0.717) is 31.0 Å². The Morgan fingerprint density at radius 3 is 2.69 bits per heavy atom. The zero-order valence-corrected chi connectivity index (χ0v) is 18.3. The average Bonchev–Trinajstić information content (AvgIpc) is 3.49. The summed E-state index contributed by atoms with van der Waals surface area (Å²) in [5.41, 5.74) is 7.29. The van der Waals surface area contributed by atoms with Gasteiger partial charge < -0.3 is 15.4 Å². The summed E-state index contributed by atoms with van der Waals surface area (Å²) in [6.07, 6.45) is 6.18. The van der Waals surface area contributed by atoms with Crippen molar-refractivity contribution < 1.29 is 19.1 Å². The number of hydrogen-bond acceptors (Lipinski definition) is 5. The highest BCUT2D eigenvalue weighted by atomic mass is 16.6. The summed E-state index contributed by atoms with van der Waals surface area (Å²) < 4.78 is 5.82. The minimum absolute atomic E-state index is 0.0261. The number of nitrogens with zero attached hydrogens (tertiary/aromatic N) is 2.